The summed E-state index contributed by atoms with van der Waals surface area (Å²) in [6, 6.07) is 7.27. The van der Waals surface area contributed by atoms with Crippen molar-refractivity contribution in [2.45, 2.75) is 26.3 Å². The first kappa shape index (κ1) is 20.3. The van der Waals surface area contributed by atoms with Crippen molar-refractivity contribution in [3.63, 3.8) is 0 Å². The Labute approximate surface area is 167 Å². The van der Waals surface area contributed by atoms with E-state index in [0.717, 1.165) is 0 Å². The van der Waals surface area contributed by atoms with E-state index in [4.69, 9.17) is 0 Å². The zero-order valence-electron chi connectivity index (χ0n) is 16.1. The molecule has 0 radical (unpaired) electrons. The number of allylic oxidation sites excluding steroid dienone is 1. The van der Waals surface area contributed by atoms with Crippen molar-refractivity contribution in [1.29, 1.82) is 0 Å². The van der Waals surface area contributed by atoms with Gasteiger partial charge in [0.1, 0.15) is 11.5 Å². The van der Waals surface area contributed by atoms with E-state index in [9.17, 15) is 18.4 Å². The normalized spacial score (nSPS) is 13.0. The Morgan fingerprint density at radius 2 is 2.00 bits per heavy atom. The highest BCUT2D eigenvalue weighted by atomic mass is 19.1. The minimum absolute atomic E-state index is 0.188. The molecule has 1 N–H and O–H groups in total. The molecule has 0 aliphatic carbocycles. The van der Waals surface area contributed by atoms with Crippen LogP contribution in [0.5, 0.6) is 0 Å². The third-order valence-electron chi connectivity index (χ3n) is 4.54. The zero-order chi connectivity index (χ0) is 21.0. The van der Waals surface area contributed by atoms with Crippen LogP contribution in [0, 0.1) is 11.8 Å². The summed E-state index contributed by atoms with van der Waals surface area (Å²) >= 11 is 0. The van der Waals surface area contributed by atoms with E-state index in [1.165, 1.54) is 42.4 Å². The largest absolute Gasteiger partial charge is 0.347 e. The van der Waals surface area contributed by atoms with Crippen molar-refractivity contribution in [3.8, 4) is 0 Å². The molecule has 29 heavy (non-hydrogen) atoms. The van der Waals surface area contributed by atoms with Crippen LogP contribution in [0.15, 0.2) is 53.3 Å². The van der Waals surface area contributed by atoms with Gasteiger partial charge in [-0.2, -0.15) is 4.39 Å². The van der Waals surface area contributed by atoms with Crippen LogP contribution in [-0.4, -0.2) is 29.6 Å². The van der Waals surface area contributed by atoms with Gasteiger partial charge < -0.3 is 10.2 Å². The summed E-state index contributed by atoms with van der Waals surface area (Å²) in [7, 11) is 1.53. The van der Waals surface area contributed by atoms with Crippen LogP contribution in [0.2, 0.25) is 0 Å². The Hall–Kier alpha value is -3.42. The van der Waals surface area contributed by atoms with Crippen molar-refractivity contribution < 1.29 is 18.4 Å². The maximum Gasteiger partial charge on any atom is 0.269 e. The molecular weight excluding hydrogens is 378 g/mol. The van der Waals surface area contributed by atoms with Gasteiger partial charge in [0.2, 0.25) is 11.9 Å². The average Bonchev–Trinajstić information content (AvgIpc) is 3.22. The first-order valence-electron chi connectivity index (χ1n) is 9.12. The topological polar surface area (TPSA) is 74.7 Å². The summed E-state index contributed by atoms with van der Waals surface area (Å²) < 4.78 is 27.3. The van der Waals surface area contributed by atoms with Gasteiger partial charge in [-0.3, -0.25) is 9.59 Å². The third kappa shape index (κ3) is 4.71. The van der Waals surface area contributed by atoms with E-state index in [1.54, 1.807) is 19.1 Å². The first-order valence-corrected chi connectivity index (χ1v) is 9.12. The molecule has 3 rings (SSSR count). The molecule has 0 fully saturated rings. The maximum absolute atomic E-state index is 14.5. The van der Waals surface area contributed by atoms with Gasteiger partial charge in [-0.25, -0.2) is 14.4 Å². The Bertz CT molecular complexity index is 1000. The maximum atomic E-state index is 14.5. The summed E-state index contributed by atoms with van der Waals surface area (Å²) in [5.41, 5.74) is 2.20. The minimum atomic E-state index is -0.587. The molecule has 1 aromatic heterocycles. The summed E-state index contributed by atoms with van der Waals surface area (Å²) in [5, 5.41) is 2.69. The molecule has 1 aliphatic heterocycles. The second-order valence-electron chi connectivity index (χ2n) is 6.50. The van der Waals surface area contributed by atoms with Crippen LogP contribution >= 0.6 is 0 Å². The molecule has 0 saturated carbocycles. The number of pyridine rings is 1. The lowest BCUT2D eigenvalue weighted by atomic mass is 10.1. The van der Waals surface area contributed by atoms with Gasteiger partial charge in [0.15, 0.2) is 0 Å². The lowest BCUT2D eigenvalue weighted by Gasteiger charge is -2.17. The highest BCUT2D eigenvalue weighted by molar-refractivity contribution is 6.08. The van der Waals surface area contributed by atoms with Crippen LogP contribution in [0.25, 0.3) is 0 Å². The van der Waals surface area contributed by atoms with Gasteiger partial charge in [-0.1, -0.05) is 19.1 Å². The highest BCUT2D eigenvalue weighted by Crippen LogP contribution is 2.23. The Kier molecular flexibility index (Phi) is 6.11. The van der Waals surface area contributed by atoms with Gasteiger partial charge in [0, 0.05) is 32.6 Å². The molecule has 0 spiro atoms. The zero-order valence-corrected chi connectivity index (χ0v) is 16.1. The fourth-order valence-electron chi connectivity index (χ4n) is 2.87. The molecule has 0 saturated heterocycles. The molecular formula is C21H20F2N4O2. The summed E-state index contributed by atoms with van der Waals surface area (Å²) in [6.45, 7) is 1.90. The number of rotatable bonds is 6. The molecule has 2 aromatic rings. The molecule has 6 nitrogen and oxygen atoms in total. The first-order chi connectivity index (χ1) is 13.9. The van der Waals surface area contributed by atoms with Crippen molar-refractivity contribution in [3.05, 3.63) is 71.2 Å². The Morgan fingerprint density at radius 3 is 2.66 bits per heavy atom. The molecule has 2 amide bonds. The number of carbonyl (C=O) groups is 2. The number of amides is 2. The van der Waals surface area contributed by atoms with Gasteiger partial charge in [-0.05, 0) is 35.4 Å². The van der Waals surface area contributed by atoms with Crippen molar-refractivity contribution >= 4 is 23.2 Å². The number of nitrogens with one attached hydrogen (secondary N) is 1. The van der Waals surface area contributed by atoms with Crippen LogP contribution in [0.3, 0.4) is 0 Å². The van der Waals surface area contributed by atoms with Gasteiger partial charge >= 0.3 is 0 Å². The molecule has 8 heteroatoms. The molecule has 0 atom stereocenters. The van der Waals surface area contributed by atoms with Gasteiger partial charge in [-0.15, -0.1) is 0 Å². The van der Waals surface area contributed by atoms with E-state index in [2.05, 4.69) is 15.3 Å². The predicted molar refractivity (Wildman–Crippen MR) is 105 cm³/mol. The standard InChI is InChI=1S/C21H20F2N4O2/c1-3-20(28)27(2)18-8-5-14(10-15(18)22)16-6-7-17(26-16)21(29)25-12-13-4-9-19(23)24-11-13/h4-5,7-11H,3,6,12H2,1-2H3,(H,25,29). The Morgan fingerprint density at radius 1 is 1.21 bits per heavy atom. The van der Waals surface area contributed by atoms with Crippen molar-refractivity contribution in [1.82, 2.24) is 10.3 Å². The highest BCUT2D eigenvalue weighted by Gasteiger charge is 2.19. The van der Waals surface area contributed by atoms with Crippen LogP contribution in [0.4, 0.5) is 14.5 Å². The van der Waals surface area contributed by atoms with Gasteiger partial charge in [0.25, 0.3) is 5.91 Å². The van der Waals surface area contributed by atoms with Crippen LogP contribution in [0.1, 0.15) is 30.9 Å². The fraction of sp³-hybridized carbons (Fsp3) is 0.238. The second kappa shape index (κ2) is 8.72. The average molecular weight is 398 g/mol. The van der Waals surface area contributed by atoms with E-state index >= 15 is 0 Å². The van der Waals surface area contributed by atoms with Crippen molar-refractivity contribution in [2.75, 3.05) is 11.9 Å². The van der Waals surface area contributed by atoms with E-state index in [-0.39, 0.29) is 36.2 Å². The molecule has 1 aromatic carbocycles. The number of aromatic nitrogens is 1. The number of carbonyl (C=O) groups excluding carboxylic acids is 2. The summed E-state index contributed by atoms with van der Waals surface area (Å²) in [6.07, 6.45) is 3.67. The van der Waals surface area contributed by atoms with E-state index < -0.39 is 11.8 Å². The number of aliphatic imine (C=N–C) groups is 1. The monoisotopic (exact) mass is 398 g/mol. The molecule has 0 bridgehead atoms. The summed E-state index contributed by atoms with van der Waals surface area (Å²) in [5.74, 6) is -1.69. The SMILES string of the molecule is CCC(=O)N(C)c1ccc(C2=NC(C(=O)NCc3ccc(F)nc3)=CC2)cc1F. The number of hydrogen-bond donors (Lipinski definition) is 1. The lowest BCUT2D eigenvalue weighted by Crippen LogP contribution is -2.26. The number of benzene rings is 1. The van der Waals surface area contributed by atoms with Crippen molar-refractivity contribution in [2.24, 2.45) is 4.99 Å². The van der Waals surface area contributed by atoms with Gasteiger partial charge in [0.05, 0.1) is 11.4 Å². The minimum Gasteiger partial charge on any atom is -0.347 e. The van der Waals surface area contributed by atoms with Crippen LogP contribution < -0.4 is 10.2 Å². The fourth-order valence-corrected chi connectivity index (χ4v) is 2.87. The van der Waals surface area contributed by atoms with E-state index in [1.807, 2.05) is 0 Å². The van der Waals surface area contributed by atoms with Crippen LogP contribution in [-0.2, 0) is 16.1 Å². The number of anilines is 1. The quantitative estimate of drug-likeness (QED) is 0.760. The molecule has 1 aliphatic rings. The lowest BCUT2D eigenvalue weighted by molar-refractivity contribution is -0.118. The number of nitrogens with zero attached hydrogens (tertiary/aromatic N) is 3. The third-order valence-corrected chi connectivity index (χ3v) is 4.54. The number of halogens is 2. The molecule has 2 heterocycles. The molecule has 0 unspecified atom stereocenters. The smallest absolute Gasteiger partial charge is 0.269 e. The van der Waals surface area contributed by atoms with E-state index in [0.29, 0.717) is 23.3 Å². The molecule has 150 valence electrons. The Balaban J connectivity index is 1.66. The second-order valence-corrected chi connectivity index (χ2v) is 6.50. The number of hydrogen-bond acceptors (Lipinski definition) is 4. The predicted octanol–water partition coefficient (Wildman–Crippen LogP) is 3.13. The summed E-state index contributed by atoms with van der Waals surface area (Å²) in [4.78, 5) is 33.1.